The lowest BCUT2D eigenvalue weighted by atomic mass is 10.1. The number of nitrogens with zero attached hydrogens (tertiary/aromatic N) is 1. The number of hydrogen-bond donors (Lipinski definition) is 2. The maximum absolute atomic E-state index is 12.3. The molecule has 30 heavy (non-hydrogen) atoms. The zero-order valence-electron chi connectivity index (χ0n) is 16.4. The number of nitriles is 1. The van der Waals surface area contributed by atoms with E-state index in [9.17, 15) is 14.4 Å². The molecule has 0 saturated heterocycles. The molecule has 10 nitrogen and oxygen atoms in total. The first-order valence-electron chi connectivity index (χ1n) is 8.44. The van der Waals surface area contributed by atoms with E-state index in [0.717, 1.165) is 0 Å². The van der Waals surface area contributed by atoms with E-state index in [1.807, 2.05) is 6.07 Å². The highest BCUT2D eigenvalue weighted by atomic mass is 32.1. The molecule has 0 aliphatic heterocycles. The summed E-state index contributed by atoms with van der Waals surface area (Å²) < 4.78 is 20.4. The number of carbonyl (C=O) groups is 3. The van der Waals surface area contributed by atoms with E-state index in [4.69, 9.17) is 24.2 Å². The van der Waals surface area contributed by atoms with Gasteiger partial charge in [0.25, 0.3) is 11.8 Å². The fourth-order valence-electron chi connectivity index (χ4n) is 2.32. The first kappa shape index (κ1) is 22.5. The van der Waals surface area contributed by atoms with Crippen molar-refractivity contribution in [2.75, 3.05) is 39.8 Å². The quantitative estimate of drug-likeness (QED) is 0.569. The second-order valence-electron chi connectivity index (χ2n) is 5.58. The van der Waals surface area contributed by atoms with Crippen LogP contribution in [0.2, 0.25) is 0 Å². The van der Waals surface area contributed by atoms with E-state index < -0.39 is 30.9 Å². The second kappa shape index (κ2) is 10.7. The summed E-state index contributed by atoms with van der Waals surface area (Å²) in [6.07, 6.45) is 0. The van der Waals surface area contributed by atoms with Crippen LogP contribution in [0.3, 0.4) is 0 Å². The molecule has 1 heterocycles. The van der Waals surface area contributed by atoms with E-state index in [2.05, 4.69) is 10.6 Å². The molecule has 2 N–H and O–H groups in total. The molecule has 0 atom stereocenters. The van der Waals surface area contributed by atoms with Gasteiger partial charge in [-0.25, -0.2) is 0 Å². The Morgan fingerprint density at radius 2 is 1.77 bits per heavy atom. The van der Waals surface area contributed by atoms with Crippen molar-refractivity contribution in [3.05, 3.63) is 34.7 Å². The Balaban J connectivity index is 1.88. The molecule has 0 radical (unpaired) electrons. The van der Waals surface area contributed by atoms with E-state index in [0.29, 0.717) is 16.3 Å². The second-order valence-corrected chi connectivity index (χ2v) is 6.50. The average Bonchev–Trinajstić information content (AvgIpc) is 3.21. The Labute approximate surface area is 176 Å². The van der Waals surface area contributed by atoms with Crippen molar-refractivity contribution in [1.29, 1.82) is 5.26 Å². The third-order valence-corrected chi connectivity index (χ3v) is 4.55. The van der Waals surface area contributed by atoms with Crippen LogP contribution in [0.15, 0.2) is 23.6 Å². The number of rotatable bonds is 9. The number of anilines is 1. The van der Waals surface area contributed by atoms with Gasteiger partial charge in [-0.1, -0.05) is 0 Å². The summed E-state index contributed by atoms with van der Waals surface area (Å²) >= 11 is 1.18. The van der Waals surface area contributed by atoms with E-state index in [-0.39, 0.29) is 17.1 Å². The SMILES string of the molecule is COc1cc(C(=O)NCC(=O)OCC(=O)Nc2sccc2C#N)cc(OC)c1OC. The van der Waals surface area contributed by atoms with Crippen molar-refractivity contribution >= 4 is 34.1 Å². The van der Waals surface area contributed by atoms with Crippen LogP contribution in [-0.4, -0.2) is 52.3 Å². The lowest BCUT2D eigenvalue weighted by molar-refractivity contribution is -0.146. The predicted octanol–water partition coefficient (Wildman–Crippen LogP) is 1.56. The van der Waals surface area contributed by atoms with Gasteiger partial charge in [0.15, 0.2) is 18.1 Å². The van der Waals surface area contributed by atoms with E-state index >= 15 is 0 Å². The van der Waals surface area contributed by atoms with Crippen molar-refractivity contribution in [2.24, 2.45) is 0 Å². The Bertz CT molecular complexity index is 956. The highest BCUT2D eigenvalue weighted by molar-refractivity contribution is 7.14. The first-order valence-corrected chi connectivity index (χ1v) is 9.32. The molecule has 2 rings (SSSR count). The number of hydrogen-bond acceptors (Lipinski definition) is 9. The molecule has 158 valence electrons. The topological polar surface area (TPSA) is 136 Å². The summed E-state index contributed by atoms with van der Waals surface area (Å²) in [6.45, 7) is -1.01. The van der Waals surface area contributed by atoms with Gasteiger partial charge in [-0.2, -0.15) is 5.26 Å². The minimum absolute atomic E-state index is 0.178. The Morgan fingerprint density at radius 1 is 1.10 bits per heavy atom. The molecular weight excluding hydrogens is 414 g/mol. The average molecular weight is 433 g/mol. The number of nitrogens with one attached hydrogen (secondary N) is 2. The summed E-state index contributed by atoms with van der Waals surface area (Å²) in [6, 6.07) is 6.36. The van der Waals surface area contributed by atoms with Crippen molar-refractivity contribution in [3.63, 3.8) is 0 Å². The van der Waals surface area contributed by atoms with Crippen molar-refractivity contribution < 1.29 is 33.3 Å². The standard InChI is InChI=1S/C19H19N3O7S/c1-26-13-6-12(7-14(27-2)17(13)28-3)18(25)21-9-16(24)29-10-15(23)22-19-11(8-20)4-5-30-19/h4-7H,9-10H2,1-3H3,(H,21,25)(H,22,23). The van der Waals surface area contributed by atoms with Gasteiger partial charge in [0.05, 0.1) is 26.9 Å². The number of methoxy groups -OCH3 is 3. The molecule has 0 saturated carbocycles. The van der Waals surface area contributed by atoms with E-state index in [1.54, 1.807) is 11.4 Å². The molecule has 11 heteroatoms. The highest BCUT2D eigenvalue weighted by Crippen LogP contribution is 2.38. The summed E-state index contributed by atoms with van der Waals surface area (Å²) in [5.41, 5.74) is 0.494. The number of thiophene rings is 1. The van der Waals surface area contributed by atoms with Crippen LogP contribution in [0.25, 0.3) is 0 Å². The third-order valence-electron chi connectivity index (χ3n) is 3.72. The van der Waals surface area contributed by atoms with Crippen LogP contribution in [0, 0.1) is 11.3 Å². The van der Waals surface area contributed by atoms with Gasteiger partial charge in [-0.15, -0.1) is 11.3 Å². The van der Waals surface area contributed by atoms with Crippen molar-refractivity contribution in [2.45, 2.75) is 0 Å². The molecule has 0 aliphatic rings. The monoisotopic (exact) mass is 433 g/mol. The lowest BCUT2D eigenvalue weighted by Gasteiger charge is -2.14. The van der Waals surface area contributed by atoms with Crippen molar-refractivity contribution in [1.82, 2.24) is 5.32 Å². The van der Waals surface area contributed by atoms with Crippen LogP contribution < -0.4 is 24.8 Å². The molecule has 0 fully saturated rings. The van der Waals surface area contributed by atoms with Crippen molar-refractivity contribution in [3.8, 4) is 23.3 Å². The van der Waals surface area contributed by atoms with E-state index in [1.165, 1.54) is 44.8 Å². The van der Waals surface area contributed by atoms with Gasteiger partial charge >= 0.3 is 5.97 Å². The van der Waals surface area contributed by atoms with Gasteiger partial charge < -0.3 is 29.6 Å². The normalized spacial score (nSPS) is 9.80. The lowest BCUT2D eigenvalue weighted by Crippen LogP contribution is -2.32. The zero-order valence-corrected chi connectivity index (χ0v) is 17.3. The molecule has 0 spiro atoms. The fourth-order valence-corrected chi connectivity index (χ4v) is 3.07. The smallest absolute Gasteiger partial charge is 0.325 e. The largest absolute Gasteiger partial charge is 0.493 e. The highest BCUT2D eigenvalue weighted by Gasteiger charge is 2.18. The summed E-state index contributed by atoms with van der Waals surface area (Å²) in [4.78, 5) is 36.0. The Morgan fingerprint density at radius 3 is 2.33 bits per heavy atom. The molecule has 0 bridgehead atoms. The minimum Gasteiger partial charge on any atom is -0.493 e. The van der Waals surface area contributed by atoms with Crippen LogP contribution in [0.4, 0.5) is 5.00 Å². The Hall–Kier alpha value is -3.78. The van der Waals surface area contributed by atoms with Crippen LogP contribution >= 0.6 is 11.3 Å². The summed E-state index contributed by atoms with van der Waals surface area (Å²) in [5, 5.41) is 15.8. The number of ether oxygens (including phenoxy) is 4. The molecular formula is C19H19N3O7S. The summed E-state index contributed by atoms with van der Waals surface area (Å²) in [5.74, 6) is -1.09. The zero-order chi connectivity index (χ0) is 22.1. The third kappa shape index (κ3) is 5.62. The first-order chi connectivity index (χ1) is 14.4. The molecule has 1 aromatic carbocycles. The molecule has 1 aromatic heterocycles. The number of esters is 1. The Kier molecular flexibility index (Phi) is 8.01. The number of amides is 2. The molecule has 0 aliphatic carbocycles. The van der Waals surface area contributed by atoms with Gasteiger partial charge in [-0.3, -0.25) is 14.4 Å². The predicted molar refractivity (Wildman–Crippen MR) is 107 cm³/mol. The maximum atomic E-state index is 12.3. The molecule has 2 amide bonds. The van der Waals surface area contributed by atoms with Crippen LogP contribution in [0.5, 0.6) is 17.2 Å². The van der Waals surface area contributed by atoms with Gasteiger partial charge in [0.1, 0.15) is 17.6 Å². The number of carbonyl (C=O) groups excluding carboxylic acids is 3. The minimum atomic E-state index is -0.808. The van der Waals surface area contributed by atoms with Gasteiger partial charge in [-0.05, 0) is 23.6 Å². The maximum Gasteiger partial charge on any atom is 0.325 e. The molecule has 0 unspecified atom stereocenters. The summed E-state index contributed by atoms with van der Waals surface area (Å²) in [7, 11) is 4.26. The van der Waals surface area contributed by atoms with Gasteiger partial charge in [0.2, 0.25) is 5.75 Å². The van der Waals surface area contributed by atoms with Crippen LogP contribution in [0.1, 0.15) is 15.9 Å². The van der Waals surface area contributed by atoms with Crippen LogP contribution in [-0.2, 0) is 14.3 Å². The molecule has 2 aromatic rings. The van der Waals surface area contributed by atoms with Gasteiger partial charge in [0, 0.05) is 5.56 Å². The fraction of sp³-hybridized carbons (Fsp3) is 0.263. The number of benzene rings is 1.